The van der Waals surface area contributed by atoms with Gasteiger partial charge in [-0.15, -0.1) is 0 Å². The lowest BCUT2D eigenvalue weighted by Gasteiger charge is -2.12. The number of nitrogens with zero attached hydrogens (tertiary/aromatic N) is 2. The predicted molar refractivity (Wildman–Crippen MR) is 82.4 cm³/mol. The van der Waals surface area contributed by atoms with Gasteiger partial charge in [-0.2, -0.15) is 0 Å². The van der Waals surface area contributed by atoms with Gasteiger partial charge in [-0.3, -0.25) is 4.98 Å². The van der Waals surface area contributed by atoms with E-state index in [1.165, 1.54) is 6.42 Å². The fourth-order valence-corrected chi connectivity index (χ4v) is 2.14. The van der Waals surface area contributed by atoms with Crippen LogP contribution in [0.5, 0.6) is 0 Å². The summed E-state index contributed by atoms with van der Waals surface area (Å²) in [6.45, 7) is 2.11. The lowest BCUT2D eigenvalue weighted by atomic mass is 10.1. The molecule has 0 saturated heterocycles. The molecule has 0 atom stereocenters. The zero-order valence-corrected chi connectivity index (χ0v) is 11.7. The molecular formula is C15H22N4. The molecule has 3 N–H and O–H groups in total. The normalized spacial score (nSPS) is 11.1. The molecule has 1 aromatic carbocycles. The second-order valence-corrected chi connectivity index (χ2v) is 5.06. The summed E-state index contributed by atoms with van der Waals surface area (Å²) in [4.78, 5) is 6.34. The van der Waals surface area contributed by atoms with Crippen LogP contribution in [0.4, 0.5) is 11.4 Å². The Kier molecular flexibility index (Phi) is 4.58. The van der Waals surface area contributed by atoms with Crippen LogP contribution in [0.25, 0.3) is 10.8 Å². The van der Waals surface area contributed by atoms with Crippen molar-refractivity contribution in [1.82, 2.24) is 9.88 Å². The third-order valence-corrected chi connectivity index (χ3v) is 3.20. The Labute approximate surface area is 114 Å². The molecule has 0 aliphatic rings. The fraction of sp³-hybridized carbons (Fsp3) is 0.400. The Bertz CT molecular complexity index is 537. The van der Waals surface area contributed by atoms with E-state index in [1.54, 1.807) is 6.20 Å². The highest BCUT2D eigenvalue weighted by Gasteiger charge is 2.03. The number of hydrogen-bond acceptors (Lipinski definition) is 4. The van der Waals surface area contributed by atoms with Crippen molar-refractivity contribution in [2.75, 3.05) is 38.2 Å². The number of unbranched alkanes of at least 4 members (excludes halogenated alkanes) is 1. The minimum Gasteiger partial charge on any atom is -0.398 e. The van der Waals surface area contributed by atoms with E-state index < -0.39 is 0 Å². The van der Waals surface area contributed by atoms with Gasteiger partial charge in [-0.1, -0.05) is 0 Å². The Hall–Kier alpha value is -1.81. The first-order chi connectivity index (χ1) is 9.18. The molecule has 102 valence electrons. The van der Waals surface area contributed by atoms with Gasteiger partial charge in [0.25, 0.3) is 0 Å². The molecule has 4 heteroatoms. The van der Waals surface area contributed by atoms with E-state index in [4.69, 9.17) is 5.73 Å². The number of nitrogens with two attached hydrogens (primary N) is 1. The molecule has 0 aliphatic carbocycles. The smallest absolute Gasteiger partial charge is 0.0422 e. The van der Waals surface area contributed by atoms with E-state index in [0.29, 0.717) is 0 Å². The highest BCUT2D eigenvalue weighted by molar-refractivity contribution is 6.00. The molecule has 0 radical (unpaired) electrons. The fourth-order valence-electron chi connectivity index (χ4n) is 2.14. The van der Waals surface area contributed by atoms with Gasteiger partial charge in [0, 0.05) is 41.1 Å². The van der Waals surface area contributed by atoms with Crippen LogP contribution in [-0.2, 0) is 0 Å². The summed E-state index contributed by atoms with van der Waals surface area (Å²) in [5.74, 6) is 0. The molecule has 0 amide bonds. The molecule has 0 bridgehead atoms. The SMILES string of the molecule is CN(C)CCCCNc1ccc(N)c2cnccc12. The van der Waals surface area contributed by atoms with Crippen molar-refractivity contribution in [1.29, 1.82) is 0 Å². The van der Waals surface area contributed by atoms with Gasteiger partial charge in [-0.25, -0.2) is 0 Å². The van der Waals surface area contributed by atoms with E-state index in [9.17, 15) is 0 Å². The number of benzene rings is 1. The number of pyridine rings is 1. The number of nitrogens with one attached hydrogen (secondary N) is 1. The number of anilines is 2. The third kappa shape index (κ3) is 3.58. The molecule has 0 aliphatic heterocycles. The second kappa shape index (κ2) is 6.38. The second-order valence-electron chi connectivity index (χ2n) is 5.06. The highest BCUT2D eigenvalue weighted by Crippen LogP contribution is 2.27. The van der Waals surface area contributed by atoms with Crippen LogP contribution in [-0.4, -0.2) is 37.1 Å². The molecule has 2 aromatic rings. The Balaban J connectivity index is 1.99. The topological polar surface area (TPSA) is 54.2 Å². The number of fused-ring (bicyclic) bond motifs is 1. The molecule has 4 nitrogen and oxygen atoms in total. The van der Waals surface area contributed by atoms with Crippen LogP contribution >= 0.6 is 0 Å². The van der Waals surface area contributed by atoms with Crippen molar-refractivity contribution >= 4 is 22.1 Å². The van der Waals surface area contributed by atoms with Crippen molar-refractivity contribution in [2.24, 2.45) is 0 Å². The first kappa shape index (κ1) is 13.6. The van der Waals surface area contributed by atoms with E-state index >= 15 is 0 Å². The van der Waals surface area contributed by atoms with Crippen LogP contribution < -0.4 is 11.1 Å². The average Bonchev–Trinajstić information content (AvgIpc) is 2.41. The van der Waals surface area contributed by atoms with Crippen molar-refractivity contribution in [3.8, 4) is 0 Å². The maximum atomic E-state index is 5.96. The van der Waals surface area contributed by atoms with Crippen molar-refractivity contribution in [2.45, 2.75) is 12.8 Å². The third-order valence-electron chi connectivity index (χ3n) is 3.20. The van der Waals surface area contributed by atoms with Gasteiger partial charge in [0.1, 0.15) is 0 Å². The first-order valence-corrected chi connectivity index (χ1v) is 6.69. The average molecular weight is 258 g/mol. The van der Waals surface area contributed by atoms with Crippen LogP contribution in [0.3, 0.4) is 0 Å². The molecular weight excluding hydrogens is 236 g/mol. The summed E-state index contributed by atoms with van der Waals surface area (Å²) < 4.78 is 0. The molecule has 19 heavy (non-hydrogen) atoms. The highest BCUT2D eigenvalue weighted by atomic mass is 15.0. The number of hydrogen-bond donors (Lipinski definition) is 2. The molecule has 1 heterocycles. The molecule has 1 aromatic heterocycles. The van der Waals surface area contributed by atoms with E-state index in [2.05, 4.69) is 29.3 Å². The Morgan fingerprint density at radius 3 is 2.79 bits per heavy atom. The van der Waals surface area contributed by atoms with Crippen LogP contribution in [0.15, 0.2) is 30.6 Å². The zero-order chi connectivity index (χ0) is 13.7. The van der Waals surface area contributed by atoms with E-state index in [-0.39, 0.29) is 0 Å². The summed E-state index contributed by atoms with van der Waals surface area (Å²) in [5, 5.41) is 5.64. The van der Waals surface area contributed by atoms with Crippen LogP contribution in [0, 0.1) is 0 Å². The molecule has 2 rings (SSSR count). The molecule has 0 spiro atoms. The summed E-state index contributed by atoms with van der Waals surface area (Å²) in [6.07, 6.45) is 5.99. The number of nitrogen functional groups attached to an aromatic ring is 1. The lowest BCUT2D eigenvalue weighted by molar-refractivity contribution is 0.396. The lowest BCUT2D eigenvalue weighted by Crippen LogP contribution is -2.14. The molecule has 0 fully saturated rings. The minimum atomic E-state index is 0.779. The van der Waals surface area contributed by atoms with Gasteiger partial charge in [0.2, 0.25) is 0 Å². The predicted octanol–water partition coefficient (Wildman–Crippen LogP) is 2.57. The van der Waals surface area contributed by atoms with Crippen LogP contribution in [0.2, 0.25) is 0 Å². The number of aromatic nitrogens is 1. The van der Waals surface area contributed by atoms with E-state index in [0.717, 1.165) is 41.7 Å². The summed E-state index contributed by atoms with van der Waals surface area (Å²) in [7, 11) is 4.21. The number of rotatable bonds is 6. The van der Waals surface area contributed by atoms with Crippen molar-refractivity contribution in [3.63, 3.8) is 0 Å². The minimum absolute atomic E-state index is 0.779. The summed E-state index contributed by atoms with van der Waals surface area (Å²) in [5.41, 5.74) is 7.88. The molecule has 0 saturated carbocycles. The maximum Gasteiger partial charge on any atom is 0.0422 e. The standard InChI is InChI=1S/C15H22N4/c1-19(2)10-4-3-8-18-15-6-5-14(16)13-11-17-9-7-12(13)15/h5-7,9,11,18H,3-4,8,10,16H2,1-2H3. The summed E-state index contributed by atoms with van der Waals surface area (Å²) >= 11 is 0. The van der Waals surface area contributed by atoms with Gasteiger partial charge in [-0.05, 0) is 51.7 Å². The van der Waals surface area contributed by atoms with E-state index in [1.807, 2.05) is 24.4 Å². The largest absolute Gasteiger partial charge is 0.398 e. The maximum absolute atomic E-state index is 5.96. The quantitative estimate of drug-likeness (QED) is 0.617. The Morgan fingerprint density at radius 1 is 1.16 bits per heavy atom. The monoisotopic (exact) mass is 258 g/mol. The summed E-state index contributed by atoms with van der Waals surface area (Å²) in [6, 6.07) is 5.99. The molecule has 0 unspecified atom stereocenters. The van der Waals surface area contributed by atoms with Gasteiger partial charge < -0.3 is 16.0 Å². The Morgan fingerprint density at radius 2 is 2.00 bits per heavy atom. The van der Waals surface area contributed by atoms with Gasteiger partial charge in [0.05, 0.1) is 0 Å². The van der Waals surface area contributed by atoms with Crippen molar-refractivity contribution in [3.05, 3.63) is 30.6 Å². The van der Waals surface area contributed by atoms with Crippen LogP contribution in [0.1, 0.15) is 12.8 Å². The van der Waals surface area contributed by atoms with Gasteiger partial charge >= 0.3 is 0 Å². The van der Waals surface area contributed by atoms with Crippen molar-refractivity contribution < 1.29 is 0 Å². The van der Waals surface area contributed by atoms with Gasteiger partial charge in [0.15, 0.2) is 0 Å². The zero-order valence-electron chi connectivity index (χ0n) is 11.7. The first-order valence-electron chi connectivity index (χ1n) is 6.69.